The molecule has 0 aliphatic carbocycles. The van der Waals surface area contributed by atoms with Crippen molar-refractivity contribution in [2.45, 2.75) is 129 Å². The Balaban J connectivity index is 0.000000339. The number of aromatic hydroxyl groups is 1. The van der Waals surface area contributed by atoms with E-state index in [-0.39, 0.29) is 65.0 Å². The Morgan fingerprint density at radius 3 is 2.41 bits per heavy atom. The number of carbonyl (C=O) groups excluding carboxylic acids is 2. The van der Waals surface area contributed by atoms with Gasteiger partial charge in [-0.2, -0.15) is 9.97 Å². The van der Waals surface area contributed by atoms with Gasteiger partial charge in [0.1, 0.15) is 35.3 Å². The number of aromatic nitrogens is 5. The van der Waals surface area contributed by atoms with Crippen LogP contribution in [0.1, 0.15) is 108 Å². The van der Waals surface area contributed by atoms with Crippen molar-refractivity contribution in [3.63, 3.8) is 0 Å². The summed E-state index contributed by atoms with van der Waals surface area (Å²) in [4.78, 5) is 52.4. The first-order chi connectivity index (χ1) is 38.8. The van der Waals surface area contributed by atoms with Crippen LogP contribution in [0.5, 0.6) is 11.8 Å². The van der Waals surface area contributed by atoms with Crippen LogP contribution >= 0.6 is 11.3 Å². The lowest BCUT2D eigenvalue weighted by Crippen LogP contribution is -2.54. The highest BCUT2D eigenvalue weighted by molar-refractivity contribution is 7.13. The largest absolute Gasteiger partial charge is 0.508 e. The zero-order valence-corrected chi connectivity index (χ0v) is 47.6. The topological polar surface area (TPSA) is 187 Å². The zero-order valence-electron chi connectivity index (χ0n) is 46.7. The minimum Gasteiger partial charge on any atom is -0.508 e. The van der Waals surface area contributed by atoms with Crippen molar-refractivity contribution in [2.24, 2.45) is 5.92 Å². The highest BCUT2D eigenvalue weighted by atomic mass is 32.1. The molecule has 3 aromatic carbocycles. The number of amides is 2. The zero-order chi connectivity index (χ0) is 55.6. The first-order valence-electron chi connectivity index (χ1n) is 28.7. The third-order valence-electron chi connectivity index (χ3n) is 16.9. The lowest BCUT2D eigenvalue weighted by Gasteiger charge is -2.42. The van der Waals surface area contributed by atoms with E-state index in [2.05, 4.69) is 75.3 Å². The van der Waals surface area contributed by atoms with E-state index in [9.17, 15) is 14.7 Å². The minimum absolute atomic E-state index is 0.0455. The van der Waals surface area contributed by atoms with Crippen molar-refractivity contribution in [2.75, 3.05) is 68.8 Å². The fourth-order valence-electron chi connectivity index (χ4n) is 12.4. The summed E-state index contributed by atoms with van der Waals surface area (Å²) in [6.07, 6.45) is 9.59. The SMILES string of the molecule is CCc1cccc2cc(O)cc(-c3ncc4c(N5CC6CCC(C5)N6)nc(OCCN5CCC(OC6CN(c7cc(C(C(=O)N8CCCC8C)C(C)C)on7)C6)CC5)nc4c3F)c12.Cc1ncsc1-c1ccc(C(C)NC=O)cc1. The molecule has 5 saturated heterocycles. The van der Waals surface area contributed by atoms with E-state index in [0.717, 1.165) is 131 Å². The predicted molar refractivity (Wildman–Crippen MR) is 310 cm³/mol. The minimum atomic E-state index is -0.557. The van der Waals surface area contributed by atoms with Crippen molar-refractivity contribution < 1.29 is 33.1 Å². The molecular weight excluding hydrogens is 1030 g/mol. The van der Waals surface area contributed by atoms with Crippen molar-refractivity contribution in [1.29, 1.82) is 0 Å². The van der Waals surface area contributed by atoms with Crippen molar-refractivity contribution in [3.8, 4) is 33.5 Å². The number of ether oxygens (including phenoxy) is 2. The van der Waals surface area contributed by atoms with Gasteiger partial charge in [-0.05, 0) is 111 Å². The average Bonchev–Trinajstić information content (AvgIpc) is 4.28. The van der Waals surface area contributed by atoms with Crippen LogP contribution in [0.25, 0.3) is 43.4 Å². The Hall–Kier alpha value is -6.80. The van der Waals surface area contributed by atoms with Gasteiger partial charge in [-0.1, -0.05) is 68.4 Å². The number of halogens is 1. The van der Waals surface area contributed by atoms with Gasteiger partial charge in [0.05, 0.1) is 39.7 Å². The predicted octanol–water partition coefficient (Wildman–Crippen LogP) is 9.61. The number of pyridine rings is 1. The number of phenols is 1. The standard InChI is InChI=1S/C48H60FN9O5.C13H14N2OS/c1-5-30-9-6-10-31-20-34(59)21-37(42(30)31)44-43(49)45-38(23-50-44)46(57-24-32-11-12-33(25-57)51-32)53-48(52-45)61-19-18-55-16-13-35(14-17-55)62-36-26-56(27-36)40-22-39(63-54-40)41(28(2)3)47(60)58-15-7-8-29(58)4;1-9(14-7-16)11-3-5-12(6-4-11)13-10(2)15-8-17-13/h6,9-10,20-23,28-29,32-33,35-36,41,51,59H,5,7-8,11-19,24-27H2,1-4H3;3-9H,1-2H3,(H,14,16). The van der Waals surface area contributed by atoms with Crippen LogP contribution < -0.4 is 25.2 Å². The van der Waals surface area contributed by atoms with Crippen LogP contribution in [0.4, 0.5) is 16.0 Å². The summed E-state index contributed by atoms with van der Waals surface area (Å²) in [7, 11) is 0. The first kappa shape index (κ1) is 55.1. The van der Waals surface area contributed by atoms with Gasteiger partial charge in [0.2, 0.25) is 12.3 Å². The molecule has 12 rings (SSSR count). The highest BCUT2D eigenvalue weighted by Crippen LogP contribution is 2.40. The second-order valence-electron chi connectivity index (χ2n) is 22.7. The third kappa shape index (κ3) is 11.7. The smallest absolute Gasteiger partial charge is 0.319 e. The summed E-state index contributed by atoms with van der Waals surface area (Å²) >= 11 is 1.64. The molecule has 5 unspecified atom stereocenters. The number of phenolic OH excluding ortho intramolecular Hbond substituents is 1. The molecular formula is C61H74FN11O6S. The summed E-state index contributed by atoms with van der Waals surface area (Å²) in [6.45, 7) is 18.9. The van der Waals surface area contributed by atoms with Crippen LogP contribution in [-0.4, -0.2) is 142 Å². The number of hydrogen-bond donors (Lipinski definition) is 3. The molecule has 2 amide bonds. The molecule has 19 heteroatoms. The summed E-state index contributed by atoms with van der Waals surface area (Å²) in [6, 6.07) is 20.5. The normalized spacial score (nSPS) is 20.5. The number of aryl methyl sites for hydroxylation is 2. The molecule has 0 spiro atoms. The molecule has 5 atom stereocenters. The molecule has 4 aromatic heterocycles. The number of piperazine rings is 1. The maximum Gasteiger partial charge on any atom is 0.319 e. The van der Waals surface area contributed by atoms with Crippen LogP contribution in [0.15, 0.2) is 76.9 Å². The Labute approximate surface area is 471 Å². The molecule has 0 saturated carbocycles. The molecule has 5 fully saturated rings. The molecule has 422 valence electrons. The number of thiazole rings is 1. The summed E-state index contributed by atoms with van der Waals surface area (Å²) < 4.78 is 35.6. The van der Waals surface area contributed by atoms with Gasteiger partial charge < -0.3 is 44.4 Å². The lowest BCUT2D eigenvalue weighted by molar-refractivity contribution is -0.135. The number of nitrogens with zero attached hydrogens (tertiary/aromatic N) is 9. The van der Waals surface area contributed by atoms with Crippen molar-refractivity contribution in [3.05, 3.63) is 101 Å². The van der Waals surface area contributed by atoms with Gasteiger partial charge in [0.15, 0.2) is 17.4 Å². The molecule has 0 radical (unpaired) electrons. The van der Waals surface area contributed by atoms with E-state index in [0.29, 0.717) is 47.8 Å². The first-order valence-corrected chi connectivity index (χ1v) is 29.5. The molecule has 7 aromatic rings. The molecule has 3 N–H and O–H groups in total. The Morgan fingerprint density at radius 1 is 0.950 bits per heavy atom. The molecule has 9 heterocycles. The molecule has 17 nitrogen and oxygen atoms in total. The highest BCUT2D eigenvalue weighted by Gasteiger charge is 2.39. The van der Waals surface area contributed by atoms with Gasteiger partial charge in [-0.15, -0.1) is 11.3 Å². The lowest BCUT2D eigenvalue weighted by atomic mass is 9.91. The number of rotatable bonds is 17. The van der Waals surface area contributed by atoms with Gasteiger partial charge in [0.25, 0.3) is 0 Å². The van der Waals surface area contributed by atoms with Crippen LogP contribution in [-0.2, 0) is 20.7 Å². The van der Waals surface area contributed by atoms with E-state index in [1.165, 1.54) is 10.4 Å². The Kier molecular flexibility index (Phi) is 16.6. The summed E-state index contributed by atoms with van der Waals surface area (Å²) in [5, 5.41) is 23.7. The number of benzene rings is 3. The Bertz CT molecular complexity index is 3290. The maximum absolute atomic E-state index is 17.0. The maximum atomic E-state index is 17.0. The van der Waals surface area contributed by atoms with Gasteiger partial charge in [-0.3, -0.25) is 19.5 Å². The molecule has 80 heavy (non-hydrogen) atoms. The average molecular weight is 1110 g/mol. The van der Waals surface area contributed by atoms with Crippen LogP contribution in [0.2, 0.25) is 0 Å². The number of anilines is 2. The quantitative estimate of drug-likeness (QED) is 0.0731. The summed E-state index contributed by atoms with van der Waals surface area (Å²) in [5.41, 5.74) is 7.07. The van der Waals surface area contributed by atoms with Crippen LogP contribution in [0.3, 0.4) is 0 Å². The molecule has 2 bridgehead atoms. The van der Waals surface area contributed by atoms with E-state index in [1.807, 2.05) is 60.7 Å². The van der Waals surface area contributed by atoms with E-state index >= 15 is 4.39 Å². The second-order valence-corrected chi connectivity index (χ2v) is 23.6. The number of nitrogens with one attached hydrogen (secondary N) is 2. The number of carbonyl (C=O) groups is 2. The van der Waals surface area contributed by atoms with Crippen molar-refractivity contribution in [1.82, 2.24) is 45.5 Å². The van der Waals surface area contributed by atoms with E-state index < -0.39 is 5.82 Å². The van der Waals surface area contributed by atoms with Gasteiger partial charge in [0, 0.05) is 88.3 Å². The summed E-state index contributed by atoms with van der Waals surface area (Å²) in [5.74, 6) is 1.47. The van der Waals surface area contributed by atoms with E-state index in [4.69, 9.17) is 28.9 Å². The van der Waals surface area contributed by atoms with Crippen LogP contribution in [0, 0.1) is 18.7 Å². The second kappa shape index (κ2) is 24.1. The number of likely N-dealkylation sites (tertiary alicyclic amines) is 2. The molecule has 5 aliphatic heterocycles. The third-order valence-corrected chi connectivity index (χ3v) is 17.9. The van der Waals surface area contributed by atoms with E-state index in [1.54, 1.807) is 29.7 Å². The van der Waals surface area contributed by atoms with Crippen molar-refractivity contribution >= 4 is 57.0 Å². The number of fused-ring (bicyclic) bond motifs is 4. The number of piperidine rings is 1. The fourth-order valence-corrected chi connectivity index (χ4v) is 13.2. The van der Waals surface area contributed by atoms with Gasteiger partial charge in [-0.25, -0.2) is 9.37 Å². The molecule has 5 aliphatic rings. The van der Waals surface area contributed by atoms with Gasteiger partial charge >= 0.3 is 6.01 Å². The fraction of sp³-hybridized carbons (Fsp3) is 0.492. The number of hydrogen-bond acceptors (Lipinski definition) is 16. The Morgan fingerprint density at radius 2 is 1.73 bits per heavy atom. The monoisotopic (exact) mass is 1110 g/mol.